The minimum Gasteiger partial charge on any atom is -0.394 e. The monoisotopic (exact) mass is 269 g/mol. The molecule has 102 valence electrons. The van der Waals surface area contributed by atoms with E-state index in [4.69, 9.17) is 15.6 Å². The molecule has 0 amide bonds. The number of aromatic nitrogens is 4. The van der Waals surface area contributed by atoms with E-state index in [0.717, 1.165) is 0 Å². The number of ether oxygens (including phenoxy) is 1. The van der Waals surface area contributed by atoms with Crippen molar-refractivity contribution >= 4 is 17.0 Å². The van der Waals surface area contributed by atoms with Gasteiger partial charge in [-0.1, -0.05) is 0 Å². The van der Waals surface area contributed by atoms with Crippen LogP contribution in [0.2, 0.25) is 0 Å². The highest BCUT2D eigenvalue weighted by Crippen LogP contribution is 2.33. The molecule has 3 unspecified atom stereocenters. The molecule has 4 N–H and O–H groups in total. The quantitative estimate of drug-likeness (QED) is 0.639. The zero-order valence-corrected chi connectivity index (χ0v) is 9.72. The van der Waals surface area contributed by atoms with Crippen molar-refractivity contribution < 1.29 is 19.3 Å². The first-order valence-electron chi connectivity index (χ1n) is 5.65. The predicted molar refractivity (Wildman–Crippen MR) is 61.6 cm³/mol. The number of nitrogen functional groups attached to an aromatic ring is 1. The van der Waals surface area contributed by atoms with Gasteiger partial charge in [-0.15, -0.1) is 0 Å². The van der Waals surface area contributed by atoms with Gasteiger partial charge in [0, 0.05) is 0 Å². The van der Waals surface area contributed by atoms with Crippen molar-refractivity contribution in [2.24, 2.45) is 0 Å². The van der Waals surface area contributed by atoms with Gasteiger partial charge < -0.3 is 20.7 Å². The minimum atomic E-state index is -1.69. The highest BCUT2D eigenvalue weighted by atomic mass is 19.1. The summed E-state index contributed by atoms with van der Waals surface area (Å²) < 4.78 is 20.6. The zero-order valence-electron chi connectivity index (χ0n) is 9.72. The van der Waals surface area contributed by atoms with Crippen LogP contribution in [0, 0.1) is 0 Å². The van der Waals surface area contributed by atoms with Gasteiger partial charge in [0.2, 0.25) is 0 Å². The van der Waals surface area contributed by atoms with Gasteiger partial charge in [-0.05, 0) is 0 Å². The van der Waals surface area contributed by atoms with Crippen LogP contribution in [-0.4, -0.2) is 54.7 Å². The summed E-state index contributed by atoms with van der Waals surface area (Å²) in [5.74, 6) is 0.177. The van der Waals surface area contributed by atoms with E-state index in [9.17, 15) is 9.50 Å². The number of imidazole rings is 1. The Hall–Kier alpha value is -1.84. The van der Waals surface area contributed by atoms with Gasteiger partial charge >= 0.3 is 0 Å². The molecule has 1 saturated heterocycles. The van der Waals surface area contributed by atoms with Crippen LogP contribution in [0.3, 0.4) is 0 Å². The molecule has 3 rings (SSSR count). The minimum absolute atomic E-state index is 0.177. The van der Waals surface area contributed by atoms with Gasteiger partial charge in [0.05, 0.1) is 12.9 Å². The van der Waals surface area contributed by atoms with Crippen LogP contribution in [0.15, 0.2) is 12.7 Å². The Balaban J connectivity index is 2.04. The van der Waals surface area contributed by atoms with Gasteiger partial charge in [0.25, 0.3) is 0 Å². The third kappa shape index (κ3) is 1.74. The lowest BCUT2D eigenvalue weighted by Crippen LogP contribution is -2.30. The number of anilines is 1. The van der Waals surface area contributed by atoms with E-state index in [1.54, 1.807) is 0 Å². The molecule has 2 aromatic heterocycles. The number of halogens is 1. The van der Waals surface area contributed by atoms with E-state index < -0.39 is 31.2 Å². The fourth-order valence-corrected chi connectivity index (χ4v) is 2.13. The molecule has 0 radical (unpaired) electrons. The van der Waals surface area contributed by atoms with Gasteiger partial charge in [-0.3, -0.25) is 4.57 Å². The normalized spacial score (nSPS) is 31.1. The summed E-state index contributed by atoms with van der Waals surface area (Å²) >= 11 is 0. The van der Waals surface area contributed by atoms with Crippen molar-refractivity contribution in [2.75, 3.05) is 12.3 Å². The summed E-state index contributed by atoms with van der Waals surface area (Å²) in [6, 6.07) is 0. The van der Waals surface area contributed by atoms with Crippen molar-refractivity contribution in [1.29, 1.82) is 0 Å². The first-order chi connectivity index (χ1) is 9.13. The Kier molecular flexibility index (Phi) is 2.81. The molecule has 0 aromatic carbocycles. The topological polar surface area (TPSA) is 119 Å². The van der Waals surface area contributed by atoms with E-state index in [1.807, 2.05) is 0 Å². The Morgan fingerprint density at radius 2 is 2.21 bits per heavy atom. The highest BCUT2D eigenvalue weighted by molar-refractivity contribution is 5.81. The molecule has 19 heavy (non-hydrogen) atoms. The Morgan fingerprint density at radius 3 is 2.89 bits per heavy atom. The molecule has 0 bridgehead atoms. The van der Waals surface area contributed by atoms with Gasteiger partial charge in [0.15, 0.2) is 23.9 Å². The van der Waals surface area contributed by atoms with Crippen molar-refractivity contribution in [2.45, 2.75) is 24.6 Å². The first kappa shape index (κ1) is 12.2. The summed E-state index contributed by atoms with van der Waals surface area (Å²) in [6.07, 6.45) is -2.61. The number of aliphatic hydroxyl groups excluding tert-OH is 2. The predicted octanol–water partition coefficient (Wildman–Crippen LogP) is -1.00. The van der Waals surface area contributed by atoms with Crippen LogP contribution in [0.25, 0.3) is 11.2 Å². The SMILES string of the molecule is Nc1ncnc2c1ncn2C1OC(CO)C(O)[C@@H]1F. The summed E-state index contributed by atoms with van der Waals surface area (Å²) in [5, 5.41) is 18.6. The van der Waals surface area contributed by atoms with Crippen LogP contribution >= 0.6 is 0 Å². The molecule has 0 spiro atoms. The third-order valence-electron chi connectivity index (χ3n) is 3.13. The molecule has 2 aromatic rings. The maximum Gasteiger partial charge on any atom is 0.173 e. The largest absolute Gasteiger partial charge is 0.394 e. The van der Waals surface area contributed by atoms with Crippen molar-refractivity contribution in [1.82, 2.24) is 19.5 Å². The van der Waals surface area contributed by atoms with Crippen molar-refractivity contribution in [3.8, 4) is 0 Å². The molecule has 4 atom stereocenters. The van der Waals surface area contributed by atoms with Gasteiger partial charge in [-0.2, -0.15) is 0 Å². The molecule has 1 aliphatic rings. The molecule has 8 nitrogen and oxygen atoms in total. The van der Waals surface area contributed by atoms with Crippen LogP contribution in [0.5, 0.6) is 0 Å². The summed E-state index contributed by atoms with van der Waals surface area (Å²) in [4.78, 5) is 11.8. The summed E-state index contributed by atoms with van der Waals surface area (Å²) in [6.45, 7) is -0.470. The van der Waals surface area contributed by atoms with Crippen LogP contribution < -0.4 is 5.73 Å². The second-order valence-corrected chi connectivity index (χ2v) is 4.27. The number of nitrogens with two attached hydrogens (primary N) is 1. The number of rotatable bonds is 2. The Bertz CT molecular complexity index is 606. The van der Waals surface area contributed by atoms with E-state index in [0.29, 0.717) is 11.2 Å². The van der Waals surface area contributed by atoms with Crippen LogP contribution in [0.1, 0.15) is 6.23 Å². The van der Waals surface area contributed by atoms with Crippen molar-refractivity contribution in [3.63, 3.8) is 0 Å². The van der Waals surface area contributed by atoms with E-state index in [1.165, 1.54) is 17.2 Å². The number of aliphatic hydroxyl groups is 2. The van der Waals surface area contributed by atoms with E-state index >= 15 is 0 Å². The second kappa shape index (κ2) is 4.37. The number of hydrogen-bond acceptors (Lipinski definition) is 7. The maximum absolute atomic E-state index is 14.0. The molecule has 1 aliphatic heterocycles. The molecule has 3 heterocycles. The van der Waals surface area contributed by atoms with E-state index in [-0.39, 0.29) is 5.82 Å². The number of nitrogens with zero attached hydrogens (tertiary/aromatic N) is 4. The summed E-state index contributed by atoms with van der Waals surface area (Å²) in [5.41, 5.74) is 6.28. The molecule has 9 heteroatoms. The van der Waals surface area contributed by atoms with Gasteiger partial charge in [0.1, 0.15) is 24.1 Å². The molecular weight excluding hydrogens is 257 g/mol. The van der Waals surface area contributed by atoms with Gasteiger partial charge in [-0.25, -0.2) is 19.3 Å². The smallest absolute Gasteiger partial charge is 0.173 e. The third-order valence-corrected chi connectivity index (χ3v) is 3.13. The molecule has 0 saturated carbocycles. The number of alkyl halides is 1. The van der Waals surface area contributed by atoms with E-state index in [2.05, 4.69) is 15.0 Å². The number of fused-ring (bicyclic) bond motifs is 1. The fourth-order valence-electron chi connectivity index (χ4n) is 2.13. The standard InChI is InChI=1S/C10H12FN5O3/c11-5-7(18)4(1-17)19-10(5)16-3-15-6-8(12)13-2-14-9(6)16/h2-5,7,10,17-18H,1H2,(H2,12,13,14)/t4?,5-,7?,10?/m0/s1. The summed E-state index contributed by atoms with van der Waals surface area (Å²) in [7, 11) is 0. The van der Waals surface area contributed by atoms with Crippen LogP contribution in [-0.2, 0) is 4.74 Å². The molecule has 0 aliphatic carbocycles. The lowest BCUT2D eigenvalue weighted by molar-refractivity contribution is -0.0459. The molecular formula is C10H12FN5O3. The highest BCUT2D eigenvalue weighted by Gasteiger charge is 2.45. The lowest BCUT2D eigenvalue weighted by atomic mass is 10.1. The second-order valence-electron chi connectivity index (χ2n) is 4.27. The van der Waals surface area contributed by atoms with Crippen LogP contribution in [0.4, 0.5) is 10.2 Å². The Labute approximate surface area is 106 Å². The average Bonchev–Trinajstić information content (AvgIpc) is 2.94. The van der Waals surface area contributed by atoms with Crippen molar-refractivity contribution in [3.05, 3.63) is 12.7 Å². The first-order valence-corrected chi connectivity index (χ1v) is 5.65. The average molecular weight is 269 g/mol. The fraction of sp³-hybridized carbons (Fsp3) is 0.500. The molecule has 1 fully saturated rings. The maximum atomic E-state index is 14.0. The Morgan fingerprint density at radius 1 is 1.42 bits per heavy atom. The zero-order chi connectivity index (χ0) is 13.6. The number of hydrogen-bond donors (Lipinski definition) is 3. The lowest BCUT2D eigenvalue weighted by Gasteiger charge is -2.14.